The first-order chi connectivity index (χ1) is 10.9. The Morgan fingerprint density at radius 1 is 1.26 bits per heavy atom. The highest BCUT2D eigenvalue weighted by Crippen LogP contribution is 2.29. The predicted molar refractivity (Wildman–Crippen MR) is 86.3 cm³/mol. The summed E-state index contributed by atoms with van der Waals surface area (Å²) in [6, 6.07) is 7.14. The fourth-order valence-corrected chi connectivity index (χ4v) is 2.59. The molecule has 0 aliphatic heterocycles. The van der Waals surface area contributed by atoms with E-state index in [-0.39, 0.29) is 25.6 Å². The normalized spacial score (nSPS) is 10.2. The molecule has 1 heterocycles. The van der Waals surface area contributed by atoms with Gasteiger partial charge >= 0.3 is 11.0 Å². The Hall–Kier alpha value is -2.16. The van der Waals surface area contributed by atoms with Crippen LogP contribution in [0.4, 0.5) is 10.7 Å². The van der Waals surface area contributed by atoms with E-state index in [1.807, 2.05) is 0 Å². The zero-order valence-electron chi connectivity index (χ0n) is 11.2. The Kier molecular flexibility index (Phi) is 5.54. The van der Waals surface area contributed by atoms with Crippen LogP contribution in [0.25, 0.3) is 0 Å². The summed E-state index contributed by atoms with van der Waals surface area (Å²) < 4.78 is 4.79. The fourth-order valence-electron chi connectivity index (χ4n) is 1.52. The molecule has 120 valence electrons. The Bertz CT molecular complexity index is 777. The van der Waals surface area contributed by atoms with Crippen molar-refractivity contribution in [1.82, 2.24) is 0 Å². The van der Waals surface area contributed by atoms with Crippen molar-refractivity contribution in [3.05, 3.63) is 55.4 Å². The summed E-state index contributed by atoms with van der Waals surface area (Å²) in [5.74, 6) is -1.44. The Morgan fingerprint density at radius 2 is 2.00 bits per heavy atom. The molecule has 0 unspecified atom stereocenters. The predicted octanol–water partition coefficient (Wildman–Crippen LogP) is 3.76. The van der Waals surface area contributed by atoms with Crippen LogP contribution in [0.2, 0.25) is 10.0 Å². The lowest BCUT2D eigenvalue weighted by molar-refractivity contribution is -0.380. The number of nitrogens with zero attached hydrogens (tertiary/aromatic N) is 1. The van der Waals surface area contributed by atoms with E-state index >= 15 is 0 Å². The van der Waals surface area contributed by atoms with Gasteiger partial charge in [-0.2, -0.15) is 0 Å². The number of benzene rings is 1. The molecule has 7 nitrogen and oxygen atoms in total. The fraction of sp³-hybridized carbons (Fsp3) is 0.0769. The first kappa shape index (κ1) is 17.2. The van der Waals surface area contributed by atoms with Crippen LogP contribution in [0.5, 0.6) is 0 Å². The van der Waals surface area contributed by atoms with Gasteiger partial charge in [0.2, 0.25) is 0 Å². The Morgan fingerprint density at radius 3 is 2.65 bits per heavy atom. The number of halogens is 2. The van der Waals surface area contributed by atoms with E-state index in [0.717, 1.165) is 0 Å². The van der Waals surface area contributed by atoms with Gasteiger partial charge in [0.25, 0.3) is 5.91 Å². The van der Waals surface area contributed by atoms with Crippen molar-refractivity contribution in [2.24, 2.45) is 0 Å². The van der Waals surface area contributed by atoms with E-state index in [1.165, 1.54) is 18.2 Å². The molecule has 1 N–H and O–H groups in total. The summed E-state index contributed by atoms with van der Waals surface area (Å²) in [5.41, 5.74) is 0.284. The van der Waals surface area contributed by atoms with E-state index in [1.54, 1.807) is 12.1 Å². The van der Waals surface area contributed by atoms with Gasteiger partial charge in [-0.25, -0.2) is 4.79 Å². The number of hydrogen-bond acceptors (Lipinski definition) is 6. The Balaban J connectivity index is 1.92. The van der Waals surface area contributed by atoms with Crippen LogP contribution < -0.4 is 5.32 Å². The van der Waals surface area contributed by atoms with Gasteiger partial charge < -0.3 is 10.1 Å². The summed E-state index contributed by atoms with van der Waals surface area (Å²) in [6.07, 6.45) is 0. The van der Waals surface area contributed by atoms with Gasteiger partial charge in [0.05, 0.1) is 20.7 Å². The summed E-state index contributed by atoms with van der Waals surface area (Å²) in [4.78, 5) is 33.4. The molecule has 0 fully saturated rings. The lowest BCUT2D eigenvalue weighted by atomic mass is 10.3. The standard InChI is InChI=1S/C13H8Cl2N2O5S/c14-7-2-1-3-8(12(7)15)16-10(18)6-22-13(19)9-4-5-11(23-9)17(20)21/h1-5H,6H2,(H,16,18). The molecule has 0 radical (unpaired) electrons. The van der Waals surface area contributed by atoms with Gasteiger partial charge in [0.15, 0.2) is 6.61 Å². The largest absolute Gasteiger partial charge is 0.451 e. The van der Waals surface area contributed by atoms with E-state index in [2.05, 4.69) is 5.32 Å². The van der Waals surface area contributed by atoms with E-state index in [0.29, 0.717) is 11.3 Å². The van der Waals surface area contributed by atoms with Crippen molar-refractivity contribution in [2.75, 3.05) is 11.9 Å². The first-order valence-corrected chi connectivity index (χ1v) is 7.61. The van der Waals surface area contributed by atoms with Gasteiger partial charge in [-0.3, -0.25) is 14.9 Å². The number of rotatable bonds is 5. The van der Waals surface area contributed by atoms with Gasteiger partial charge in [0, 0.05) is 6.07 Å². The highest BCUT2D eigenvalue weighted by molar-refractivity contribution is 7.17. The molecule has 0 atom stereocenters. The molecular weight excluding hydrogens is 367 g/mol. The van der Waals surface area contributed by atoms with Gasteiger partial charge in [-0.1, -0.05) is 40.6 Å². The number of esters is 1. The third kappa shape index (κ3) is 4.41. The number of hydrogen-bond donors (Lipinski definition) is 1. The van der Waals surface area contributed by atoms with Gasteiger partial charge in [-0.05, 0) is 18.2 Å². The van der Waals surface area contributed by atoms with Crippen molar-refractivity contribution < 1.29 is 19.2 Å². The van der Waals surface area contributed by atoms with Crippen LogP contribution in [0, 0.1) is 10.1 Å². The van der Waals surface area contributed by atoms with Crippen LogP contribution in [-0.2, 0) is 9.53 Å². The minimum absolute atomic E-state index is 0.0327. The van der Waals surface area contributed by atoms with Crippen molar-refractivity contribution in [1.29, 1.82) is 0 Å². The minimum atomic E-state index is -0.824. The number of nitrogens with one attached hydrogen (secondary N) is 1. The van der Waals surface area contributed by atoms with Crippen molar-refractivity contribution in [3.8, 4) is 0 Å². The summed E-state index contributed by atoms with van der Waals surface area (Å²) in [5, 5.41) is 13.2. The molecule has 0 saturated carbocycles. The van der Waals surface area contributed by atoms with Gasteiger partial charge in [0.1, 0.15) is 4.88 Å². The number of thiophene rings is 1. The molecule has 2 aromatic rings. The Labute approximate surface area is 143 Å². The topological polar surface area (TPSA) is 98.5 Å². The second-order valence-electron chi connectivity index (χ2n) is 4.12. The van der Waals surface area contributed by atoms with Crippen LogP contribution >= 0.6 is 34.5 Å². The zero-order chi connectivity index (χ0) is 17.0. The molecular formula is C13H8Cl2N2O5S. The highest BCUT2D eigenvalue weighted by atomic mass is 35.5. The molecule has 0 bridgehead atoms. The van der Waals surface area contributed by atoms with Crippen molar-refractivity contribution in [3.63, 3.8) is 0 Å². The van der Waals surface area contributed by atoms with E-state index < -0.39 is 23.4 Å². The molecule has 1 aromatic heterocycles. The molecule has 0 aliphatic rings. The zero-order valence-corrected chi connectivity index (χ0v) is 13.6. The number of ether oxygens (including phenoxy) is 1. The summed E-state index contributed by atoms with van der Waals surface area (Å²) in [7, 11) is 0. The first-order valence-electron chi connectivity index (χ1n) is 6.03. The molecule has 1 aromatic carbocycles. The highest BCUT2D eigenvalue weighted by Gasteiger charge is 2.17. The van der Waals surface area contributed by atoms with Crippen molar-refractivity contribution >= 4 is 57.1 Å². The maximum absolute atomic E-state index is 11.7. The summed E-state index contributed by atoms with van der Waals surface area (Å²) in [6.45, 7) is -0.562. The summed E-state index contributed by atoms with van der Waals surface area (Å²) >= 11 is 12.4. The second-order valence-corrected chi connectivity index (χ2v) is 5.97. The van der Waals surface area contributed by atoms with Crippen LogP contribution in [0.1, 0.15) is 9.67 Å². The number of carbonyl (C=O) groups excluding carboxylic acids is 2. The molecule has 23 heavy (non-hydrogen) atoms. The maximum Gasteiger partial charge on any atom is 0.349 e. The molecule has 0 aliphatic carbocycles. The van der Waals surface area contributed by atoms with Crippen LogP contribution in [-0.4, -0.2) is 23.4 Å². The quantitative estimate of drug-likeness (QED) is 0.487. The second kappa shape index (κ2) is 7.40. The monoisotopic (exact) mass is 374 g/mol. The average molecular weight is 375 g/mol. The third-order valence-corrected chi connectivity index (χ3v) is 4.37. The number of nitro groups is 1. The van der Waals surface area contributed by atoms with E-state index in [9.17, 15) is 19.7 Å². The van der Waals surface area contributed by atoms with E-state index in [4.69, 9.17) is 27.9 Å². The van der Waals surface area contributed by atoms with Crippen LogP contribution in [0.3, 0.4) is 0 Å². The molecule has 0 saturated heterocycles. The van der Waals surface area contributed by atoms with Gasteiger partial charge in [-0.15, -0.1) is 0 Å². The SMILES string of the molecule is O=C(COC(=O)c1ccc([N+](=O)[O-])s1)Nc1cccc(Cl)c1Cl. The molecule has 1 amide bonds. The minimum Gasteiger partial charge on any atom is -0.451 e. The smallest absolute Gasteiger partial charge is 0.349 e. The van der Waals surface area contributed by atoms with Crippen LogP contribution in [0.15, 0.2) is 30.3 Å². The molecule has 2 rings (SSSR count). The lowest BCUT2D eigenvalue weighted by Crippen LogP contribution is -2.20. The molecule has 10 heteroatoms. The number of carbonyl (C=O) groups is 2. The number of anilines is 1. The van der Waals surface area contributed by atoms with Crippen molar-refractivity contribution in [2.45, 2.75) is 0 Å². The lowest BCUT2D eigenvalue weighted by Gasteiger charge is -2.08. The number of amides is 1. The maximum atomic E-state index is 11.7. The third-order valence-electron chi connectivity index (χ3n) is 2.53. The molecule has 0 spiro atoms. The average Bonchev–Trinajstić information content (AvgIpc) is 3.00.